The van der Waals surface area contributed by atoms with Gasteiger partial charge in [0, 0.05) is 24.5 Å². The van der Waals surface area contributed by atoms with Crippen molar-refractivity contribution in [1.82, 2.24) is 4.98 Å². The van der Waals surface area contributed by atoms with Gasteiger partial charge in [-0.1, -0.05) is 29.8 Å². The molecule has 0 saturated heterocycles. The Labute approximate surface area is 101 Å². The van der Waals surface area contributed by atoms with E-state index >= 15 is 0 Å². The molecule has 2 rings (SSSR count). The average molecular weight is 228 g/mol. The van der Waals surface area contributed by atoms with Gasteiger partial charge in [-0.15, -0.1) is 0 Å². The molecule has 0 amide bonds. The van der Waals surface area contributed by atoms with E-state index in [9.17, 15) is 0 Å². The maximum absolute atomic E-state index is 5.07. The highest BCUT2D eigenvalue weighted by atomic mass is 16.5. The molecule has 0 bridgehead atoms. The van der Waals surface area contributed by atoms with Gasteiger partial charge in [0.05, 0.1) is 7.11 Å². The number of nitrogens with zero attached hydrogens (tertiary/aromatic N) is 1. The predicted octanol–water partition coefficient (Wildman–Crippen LogP) is 3.01. The summed E-state index contributed by atoms with van der Waals surface area (Å²) < 4.78 is 5.07. The number of anilines is 1. The molecule has 88 valence electrons. The second kappa shape index (κ2) is 5.34. The van der Waals surface area contributed by atoms with Gasteiger partial charge in [0.15, 0.2) is 0 Å². The molecule has 0 saturated carbocycles. The van der Waals surface area contributed by atoms with Crippen LogP contribution < -0.4 is 10.1 Å². The maximum atomic E-state index is 5.07. The molecule has 0 aliphatic rings. The van der Waals surface area contributed by atoms with Gasteiger partial charge in [-0.3, -0.25) is 0 Å². The molecule has 17 heavy (non-hydrogen) atoms. The number of rotatable bonds is 4. The Hall–Kier alpha value is -2.03. The zero-order valence-corrected chi connectivity index (χ0v) is 10.1. The lowest BCUT2D eigenvalue weighted by molar-refractivity contribution is 0.398. The minimum absolute atomic E-state index is 0.624. The SMILES string of the molecule is COc1cc(NCc2ccc(C)cc2)ccn1. The number of hydrogen-bond acceptors (Lipinski definition) is 3. The van der Waals surface area contributed by atoms with Crippen LogP contribution in [0.5, 0.6) is 5.88 Å². The molecule has 0 atom stereocenters. The first kappa shape index (κ1) is 11.5. The fourth-order valence-corrected chi connectivity index (χ4v) is 1.54. The van der Waals surface area contributed by atoms with Crippen molar-refractivity contribution in [3.63, 3.8) is 0 Å². The second-order valence-corrected chi connectivity index (χ2v) is 3.93. The summed E-state index contributed by atoms with van der Waals surface area (Å²) in [7, 11) is 1.62. The van der Waals surface area contributed by atoms with E-state index in [1.54, 1.807) is 13.3 Å². The fourth-order valence-electron chi connectivity index (χ4n) is 1.54. The summed E-state index contributed by atoms with van der Waals surface area (Å²) in [5, 5.41) is 3.34. The first-order valence-corrected chi connectivity index (χ1v) is 5.57. The Morgan fingerprint density at radius 3 is 2.65 bits per heavy atom. The molecule has 1 heterocycles. The number of ether oxygens (including phenoxy) is 1. The lowest BCUT2D eigenvalue weighted by Gasteiger charge is -2.07. The molecule has 1 aromatic carbocycles. The number of hydrogen-bond donors (Lipinski definition) is 1. The van der Waals surface area contributed by atoms with Crippen molar-refractivity contribution in [3.05, 3.63) is 53.7 Å². The van der Waals surface area contributed by atoms with Gasteiger partial charge in [0.2, 0.25) is 5.88 Å². The molecule has 2 aromatic rings. The van der Waals surface area contributed by atoms with Crippen LogP contribution in [0.2, 0.25) is 0 Å². The number of aromatic nitrogens is 1. The van der Waals surface area contributed by atoms with Gasteiger partial charge in [-0.05, 0) is 18.6 Å². The number of pyridine rings is 1. The molecule has 0 aliphatic heterocycles. The van der Waals surface area contributed by atoms with Gasteiger partial charge in [-0.25, -0.2) is 4.98 Å². The monoisotopic (exact) mass is 228 g/mol. The third kappa shape index (κ3) is 3.21. The Morgan fingerprint density at radius 1 is 1.18 bits per heavy atom. The van der Waals surface area contributed by atoms with Crippen LogP contribution in [0.3, 0.4) is 0 Å². The Balaban J connectivity index is 1.99. The van der Waals surface area contributed by atoms with Crippen molar-refractivity contribution in [3.8, 4) is 5.88 Å². The summed E-state index contributed by atoms with van der Waals surface area (Å²) >= 11 is 0. The van der Waals surface area contributed by atoms with Crippen molar-refractivity contribution >= 4 is 5.69 Å². The van der Waals surface area contributed by atoms with E-state index in [4.69, 9.17) is 4.74 Å². The summed E-state index contributed by atoms with van der Waals surface area (Å²) in [5.74, 6) is 0.624. The van der Waals surface area contributed by atoms with E-state index in [-0.39, 0.29) is 0 Å². The number of methoxy groups -OCH3 is 1. The topological polar surface area (TPSA) is 34.1 Å². The quantitative estimate of drug-likeness (QED) is 0.873. The summed E-state index contributed by atoms with van der Waals surface area (Å²) in [6.45, 7) is 2.89. The Bertz CT molecular complexity index is 480. The van der Waals surface area contributed by atoms with Gasteiger partial charge in [0.25, 0.3) is 0 Å². The summed E-state index contributed by atoms with van der Waals surface area (Å²) in [4.78, 5) is 4.06. The van der Waals surface area contributed by atoms with Crippen molar-refractivity contribution in [1.29, 1.82) is 0 Å². The number of nitrogens with one attached hydrogen (secondary N) is 1. The highest BCUT2D eigenvalue weighted by molar-refractivity contribution is 5.45. The van der Waals surface area contributed by atoms with Gasteiger partial charge >= 0.3 is 0 Å². The van der Waals surface area contributed by atoms with Crippen molar-refractivity contribution in [2.24, 2.45) is 0 Å². The lowest BCUT2D eigenvalue weighted by atomic mass is 10.1. The number of aryl methyl sites for hydroxylation is 1. The van der Waals surface area contributed by atoms with E-state index in [0.29, 0.717) is 5.88 Å². The molecule has 1 N–H and O–H groups in total. The highest BCUT2D eigenvalue weighted by Crippen LogP contribution is 2.14. The number of benzene rings is 1. The van der Waals surface area contributed by atoms with Crippen LogP contribution in [0.4, 0.5) is 5.69 Å². The average Bonchev–Trinajstić information content (AvgIpc) is 2.38. The molecule has 0 unspecified atom stereocenters. The molecular formula is C14H16N2O. The van der Waals surface area contributed by atoms with Crippen molar-refractivity contribution < 1.29 is 4.74 Å². The van der Waals surface area contributed by atoms with Crippen molar-refractivity contribution in [2.75, 3.05) is 12.4 Å². The molecule has 0 fully saturated rings. The normalized spacial score (nSPS) is 10.0. The van der Waals surface area contributed by atoms with Crippen LogP contribution in [-0.4, -0.2) is 12.1 Å². The third-order valence-electron chi connectivity index (χ3n) is 2.56. The Morgan fingerprint density at radius 2 is 1.94 bits per heavy atom. The summed E-state index contributed by atoms with van der Waals surface area (Å²) in [6, 6.07) is 12.3. The zero-order chi connectivity index (χ0) is 12.1. The van der Waals surface area contributed by atoms with Gasteiger partial charge in [0.1, 0.15) is 0 Å². The summed E-state index contributed by atoms with van der Waals surface area (Å²) in [5.41, 5.74) is 3.54. The fraction of sp³-hybridized carbons (Fsp3) is 0.214. The van der Waals surface area contributed by atoms with E-state index in [1.807, 2.05) is 12.1 Å². The first-order chi connectivity index (χ1) is 8.28. The van der Waals surface area contributed by atoms with Crippen LogP contribution in [0, 0.1) is 6.92 Å². The molecule has 0 radical (unpaired) electrons. The van der Waals surface area contributed by atoms with Crippen LogP contribution in [0.25, 0.3) is 0 Å². The largest absolute Gasteiger partial charge is 0.481 e. The first-order valence-electron chi connectivity index (χ1n) is 5.57. The van der Waals surface area contributed by atoms with E-state index < -0.39 is 0 Å². The molecule has 0 spiro atoms. The highest BCUT2D eigenvalue weighted by Gasteiger charge is 1.97. The van der Waals surface area contributed by atoms with Crippen molar-refractivity contribution in [2.45, 2.75) is 13.5 Å². The predicted molar refractivity (Wildman–Crippen MR) is 69.3 cm³/mol. The standard InChI is InChI=1S/C14H16N2O/c1-11-3-5-12(6-4-11)10-16-13-7-8-15-14(9-13)17-2/h3-9H,10H2,1-2H3,(H,15,16). The maximum Gasteiger partial charge on any atom is 0.214 e. The third-order valence-corrected chi connectivity index (χ3v) is 2.56. The van der Waals surface area contributed by atoms with E-state index in [2.05, 4.69) is 41.5 Å². The lowest BCUT2D eigenvalue weighted by Crippen LogP contribution is -2.00. The Kier molecular flexibility index (Phi) is 3.60. The van der Waals surface area contributed by atoms with Crippen LogP contribution in [-0.2, 0) is 6.54 Å². The van der Waals surface area contributed by atoms with E-state index in [0.717, 1.165) is 12.2 Å². The molecule has 3 heteroatoms. The molecular weight excluding hydrogens is 212 g/mol. The van der Waals surface area contributed by atoms with Gasteiger partial charge in [-0.2, -0.15) is 0 Å². The minimum Gasteiger partial charge on any atom is -0.481 e. The zero-order valence-electron chi connectivity index (χ0n) is 10.1. The molecule has 0 aliphatic carbocycles. The molecule has 3 nitrogen and oxygen atoms in total. The van der Waals surface area contributed by atoms with Crippen LogP contribution in [0.15, 0.2) is 42.6 Å². The van der Waals surface area contributed by atoms with Gasteiger partial charge < -0.3 is 10.1 Å². The molecule has 1 aromatic heterocycles. The minimum atomic E-state index is 0.624. The summed E-state index contributed by atoms with van der Waals surface area (Å²) in [6.07, 6.45) is 1.73. The van der Waals surface area contributed by atoms with Crippen LogP contribution >= 0.6 is 0 Å². The van der Waals surface area contributed by atoms with E-state index in [1.165, 1.54) is 11.1 Å². The smallest absolute Gasteiger partial charge is 0.214 e. The van der Waals surface area contributed by atoms with Crippen LogP contribution in [0.1, 0.15) is 11.1 Å². The second-order valence-electron chi connectivity index (χ2n) is 3.93.